The SMILES string of the molecule is CN=C(NCCNC(=O)Cc1cccc(F)c1)Nc1ccc(OC)c(OC)c1.I. The van der Waals surface area contributed by atoms with Gasteiger partial charge in [-0.15, -0.1) is 24.0 Å². The van der Waals surface area contributed by atoms with Crippen LogP contribution in [0.25, 0.3) is 0 Å². The molecule has 0 radical (unpaired) electrons. The molecule has 0 saturated heterocycles. The highest BCUT2D eigenvalue weighted by Crippen LogP contribution is 2.29. The average Bonchev–Trinajstić information content (AvgIpc) is 2.70. The molecule has 3 N–H and O–H groups in total. The van der Waals surface area contributed by atoms with Crippen LogP contribution in [0.1, 0.15) is 5.56 Å². The average molecular weight is 516 g/mol. The fraction of sp³-hybridized carbons (Fsp3) is 0.300. The van der Waals surface area contributed by atoms with Crippen LogP contribution in [0.3, 0.4) is 0 Å². The number of ether oxygens (including phenoxy) is 2. The second-order valence-electron chi connectivity index (χ2n) is 5.85. The summed E-state index contributed by atoms with van der Waals surface area (Å²) in [5.74, 6) is 1.27. The molecule has 0 heterocycles. The van der Waals surface area contributed by atoms with Crippen molar-refractivity contribution in [3.05, 3.63) is 53.8 Å². The van der Waals surface area contributed by atoms with Crippen LogP contribution in [0.5, 0.6) is 11.5 Å². The zero-order chi connectivity index (χ0) is 20.4. The first-order chi connectivity index (χ1) is 13.5. The maximum absolute atomic E-state index is 13.1. The van der Waals surface area contributed by atoms with E-state index < -0.39 is 0 Å². The number of hydrogen-bond acceptors (Lipinski definition) is 4. The van der Waals surface area contributed by atoms with Gasteiger partial charge in [-0.3, -0.25) is 9.79 Å². The van der Waals surface area contributed by atoms with Crippen LogP contribution in [0, 0.1) is 5.82 Å². The molecule has 9 heteroatoms. The van der Waals surface area contributed by atoms with Crippen molar-refractivity contribution in [1.29, 1.82) is 0 Å². The largest absolute Gasteiger partial charge is 0.493 e. The van der Waals surface area contributed by atoms with E-state index in [0.29, 0.717) is 36.1 Å². The molecule has 0 atom stereocenters. The number of benzene rings is 2. The lowest BCUT2D eigenvalue weighted by molar-refractivity contribution is -0.120. The molecule has 29 heavy (non-hydrogen) atoms. The van der Waals surface area contributed by atoms with E-state index in [0.717, 1.165) is 5.69 Å². The van der Waals surface area contributed by atoms with E-state index in [1.807, 2.05) is 6.07 Å². The first-order valence-electron chi connectivity index (χ1n) is 8.76. The van der Waals surface area contributed by atoms with Gasteiger partial charge < -0.3 is 25.4 Å². The van der Waals surface area contributed by atoms with Crippen molar-refractivity contribution in [3.63, 3.8) is 0 Å². The summed E-state index contributed by atoms with van der Waals surface area (Å²) in [6, 6.07) is 11.4. The van der Waals surface area contributed by atoms with Crippen molar-refractivity contribution < 1.29 is 18.7 Å². The van der Waals surface area contributed by atoms with Crippen molar-refractivity contribution in [1.82, 2.24) is 10.6 Å². The van der Waals surface area contributed by atoms with Crippen LogP contribution >= 0.6 is 24.0 Å². The molecule has 0 saturated carbocycles. The van der Waals surface area contributed by atoms with Crippen LogP contribution < -0.4 is 25.4 Å². The van der Waals surface area contributed by atoms with Gasteiger partial charge in [0.2, 0.25) is 5.91 Å². The molecule has 2 aromatic rings. The number of amides is 1. The summed E-state index contributed by atoms with van der Waals surface area (Å²) in [6.07, 6.45) is 0.135. The number of guanidine groups is 1. The zero-order valence-corrected chi connectivity index (χ0v) is 19.0. The number of anilines is 1. The zero-order valence-electron chi connectivity index (χ0n) is 16.6. The predicted octanol–water partition coefficient (Wildman–Crippen LogP) is 2.81. The number of carbonyl (C=O) groups is 1. The number of nitrogens with one attached hydrogen (secondary N) is 3. The van der Waals surface area contributed by atoms with Gasteiger partial charge in [0, 0.05) is 31.9 Å². The third-order valence-electron chi connectivity index (χ3n) is 3.86. The van der Waals surface area contributed by atoms with E-state index >= 15 is 0 Å². The molecular formula is C20H26FIN4O3. The van der Waals surface area contributed by atoms with Gasteiger partial charge >= 0.3 is 0 Å². The van der Waals surface area contributed by atoms with Crippen molar-refractivity contribution in [2.75, 3.05) is 39.7 Å². The number of methoxy groups -OCH3 is 2. The highest BCUT2D eigenvalue weighted by molar-refractivity contribution is 14.0. The smallest absolute Gasteiger partial charge is 0.224 e. The van der Waals surface area contributed by atoms with E-state index in [2.05, 4.69) is 20.9 Å². The van der Waals surface area contributed by atoms with Crippen molar-refractivity contribution in [3.8, 4) is 11.5 Å². The quantitative estimate of drug-likeness (QED) is 0.218. The normalized spacial score (nSPS) is 10.6. The van der Waals surface area contributed by atoms with Gasteiger partial charge in [0.05, 0.1) is 20.6 Å². The second kappa shape index (κ2) is 12.8. The number of hydrogen-bond donors (Lipinski definition) is 3. The highest BCUT2D eigenvalue weighted by Gasteiger charge is 2.07. The lowest BCUT2D eigenvalue weighted by Crippen LogP contribution is -2.38. The number of rotatable bonds is 8. The van der Waals surface area contributed by atoms with E-state index in [1.165, 1.54) is 12.1 Å². The second-order valence-corrected chi connectivity index (χ2v) is 5.85. The summed E-state index contributed by atoms with van der Waals surface area (Å²) in [5, 5.41) is 9.03. The molecule has 2 rings (SSSR count). The number of halogens is 2. The minimum atomic E-state index is -0.350. The monoisotopic (exact) mass is 516 g/mol. The molecule has 1 amide bonds. The predicted molar refractivity (Wildman–Crippen MR) is 123 cm³/mol. The molecular weight excluding hydrogens is 490 g/mol. The first-order valence-corrected chi connectivity index (χ1v) is 8.76. The van der Waals surface area contributed by atoms with E-state index in [4.69, 9.17) is 9.47 Å². The molecule has 0 aliphatic heterocycles. The van der Waals surface area contributed by atoms with Gasteiger partial charge in [0.1, 0.15) is 5.82 Å². The summed E-state index contributed by atoms with van der Waals surface area (Å²) in [5.41, 5.74) is 1.41. The van der Waals surface area contributed by atoms with Gasteiger partial charge in [-0.05, 0) is 29.8 Å². The molecule has 0 bridgehead atoms. The Kier molecular flexibility index (Phi) is 10.8. The van der Waals surface area contributed by atoms with Gasteiger partial charge in [0.25, 0.3) is 0 Å². The van der Waals surface area contributed by atoms with Crippen molar-refractivity contribution >= 4 is 41.5 Å². The minimum absolute atomic E-state index is 0. The molecule has 0 unspecified atom stereocenters. The molecule has 2 aromatic carbocycles. The maximum atomic E-state index is 13.1. The topological polar surface area (TPSA) is 84.0 Å². The van der Waals surface area contributed by atoms with Gasteiger partial charge in [-0.2, -0.15) is 0 Å². The lowest BCUT2D eigenvalue weighted by atomic mass is 10.1. The molecule has 0 aliphatic rings. The minimum Gasteiger partial charge on any atom is -0.493 e. The van der Waals surface area contributed by atoms with Crippen molar-refractivity contribution in [2.45, 2.75) is 6.42 Å². The summed E-state index contributed by atoms with van der Waals surface area (Å²) in [4.78, 5) is 16.1. The van der Waals surface area contributed by atoms with Gasteiger partial charge in [0.15, 0.2) is 17.5 Å². The van der Waals surface area contributed by atoms with Crippen molar-refractivity contribution in [2.24, 2.45) is 4.99 Å². The Labute approximate surface area is 187 Å². The first kappa shape index (κ1) is 24.5. The van der Waals surface area contributed by atoms with Gasteiger partial charge in [-0.25, -0.2) is 4.39 Å². The lowest BCUT2D eigenvalue weighted by Gasteiger charge is -2.14. The van der Waals surface area contributed by atoms with E-state index in [-0.39, 0.29) is 42.1 Å². The Hall–Kier alpha value is -2.56. The Bertz CT molecular complexity index is 833. The third-order valence-corrected chi connectivity index (χ3v) is 3.86. The van der Waals surface area contributed by atoms with Crippen LogP contribution in [-0.4, -0.2) is 46.2 Å². The van der Waals surface area contributed by atoms with Crippen LogP contribution in [0.15, 0.2) is 47.5 Å². The molecule has 0 aromatic heterocycles. The molecule has 0 spiro atoms. The van der Waals surface area contributed by atoms with E-state index in [9.17, 15) is 9.18 Å². The van der Waals surface area contributed by atoms with Crippen LogP contribution in [0.2, 0.25) is 0 Å². The summed E-state index contributed by atoms with van der Waals surface area (Å²) >= 11 is 0. The standard InChI is InChI=1S/C20H25FN4O3.HI/c1-22-20(25-16-7-8-17(27-2)18(13-16)28-3)24-10-9-23-19(26)12-14-5-4-6-15(21)11-14;/h4-8,11,13H,9-10,12H2,1-3H3,(H,23,26)(H2,22,24,25);1H. The van der Waals surface area contributed by atoms with Crippen LogP contribution in [-0.2, 0) is 11.2 Å². The Morgan fingerprint density at radius 3 is 2.41 bits per heavy atom. The molecule has 0 fully saturated rings. The number of aliphatic imine (C=N–C) groups is 1. The Balaban J connectivity index is 0.00000420. The molecule has 0 aliphatic carbocycles. The number of carbonyl (C=O) groups excluding carboxylic acids is 1. The van der Waals surface area contributed by atoms with Crippen LogP contribution in [0.4, 0.5) is 10.1 Å². The fourth-order valence-corrected chi connectivity index (χ4v) is 2.51. The van der Waals surface area contributed by atoms with E-state index in [1.54, 1.807) is 45.5 Å². The summed E-state index contributed by atoms with van der Waals surface area (Å²) < 4.78 is 23.6. The summed E-state index contributed by atoms with van der Waals surface area (Å²) in [6.45, 7) is 0.878. The highest BCUT2D eigenvalue weighted by atomic mass is 127. The van der Waals surface area contributed by atoms with Gasteiger partial charge in [-0.1, -0.05) is 12.1 Å². The Morgan fingerprint density at radius 1 is 1.03 bits per heavy atom. The summed E-state index contributed by atoms with van der Waals surface area (Å²) in [7, 11) is 4.80. The fourth-order valence-electron chi connectivity index (χ4n) is 2.51. The number of nitrogens with zero attached hydrogens (tertiary/aromatic N) is 1. The molecule has 7 nitrogen and oxygen atoms in total. The third kappa shape index (κ3) is 8.14. The Morgan fingerprint density at radius 2 is 1.76 bits per heavy atom. The maximum Gasteiger partial charge on any atom is 0.224 e. The molecule has 158 valence electrons.